The van der Waals surface area contributed by atoms with Crippen molar-refractivity contribution in [1.29, 1.82) is 0 Å². The van der Waals surface area contributed by atoms with Crippen LogP contribution in [0.1, 0.15) is 23.0 Å². The van der Waals surface area contributed by atoms with Gasteiger partial charge in [0.25, 0.3) is 0 Å². The normalized spacial score (nSPS) is 22.5. The second-order valence-electron chi connectivity index (χ2n) is 3.83. The van der Waals surface area contributed by atoms with Crippen molar-refractivity contribution in [3.05, 3.63) is 20.8 Å². The van der Waals surface area contributed by atoms with E-state index in [2.05, 4.69) is 28.1 Å². The summed E-state index contributed by atoms with van der Waals surface area (Å²) < 4.78 is 6.80. The first kappa shape index (κ1) is 12.9. The standard InChI is InChI=1S/C11H16BrNOS2/c12-11-4-3-9(16-11)10(6-13)15-7-8-2-1-5-14-8/h3-4,8,10H,1-2,5-7,13H2. The topological polar surface area (TPSA) is 35.2 Å². The Hall–Kier alpha value is 0.450. The second kappa shape index (κ2) is 6.40. The molecule has 1 aromatic rings. The van der Waals surface area contributed by atoms with Crippen molar-refractivity contribution in [2.24, 2.45) is 5.73 Å². The van der Waals surface area contributed by atoms with Gasteiger partial charge in [0, 0.05) is 23.8 Å². The van der Waals surface area contributed by atoms with E-state index >= 15 is 0 Å². The molecule has 0 aliphatic carbocycles. The lowest BCUT2D eigenvalue weighted by molar-refractivity contribution is 0.129. The van der Waals surface area contributed by atoms with E-state index in [0.717, 1.165) is 12.4 Å². The first-order valence-electron chi connectivity index (χ1n) is 5.48. The van der Waals surface area contributed by atoms with E-state index in [1.165, 1.54) is 21.5 Å². The zero-order chi connectivity index (χ0) is 11.4. The number of thiophene rings is 1. The Labute approximate surface area is 113 Å². The number of ether oxygens (including phenoxy) is 1. The van der Waals surface area contributed by atoms with E-state index in [4.69, 9.17) is 10.5 Å². The molecule has 90 valence electrons. The predicted octanol–water partition coefficient (Wildman–Crippen LogP) is 3.42. The molecule has 1 fully saturated rings. The van der Waals surface area contributed by atoms with Crippen LogP contribution in [0, 0.1) is 0 Å². The molecule has 1 aliphatic heterocycles. The maximum atomic E-state index is 5.83. The highest BCUT2D eigenvalue weighted by molar-refractivity contribution is 9.11. The van der Waals surface area contributed by atoms with Gasteiger partial charge in [-0.3, -0.25) is 0 Å². The Morgan fingerprint density at radius 3 is 3.06 bits per heavy atom. The first-order valence-corrected chi connectivity index (χ1v) is 8.14. The molecule has 0 amide bonds. The highest BCUT2D eigenvalue weighted by Gasteiger charge is 2.19. The van der Waals surface area contributed by atoms with Crippen molar-refractivity contribution >= 4 is 39.0 Å². The highest BCUT2D eigenvalue weighted by atomic mass is 79.9. The number of hydrogen-bond donors (Lipinski definition) is 1. The Balaban J connectivity index is 1.85. The van der Waals surface area contributed by atoms with Gasteiger partial charge in [-0.25, -0.2) is 0 Å². The van der Waals surface area contributed by atoms with Crippen molar-refractivity contribution in [2.45, 2.75) is 24.2 Å². The minimum atomic E-state index is 0.417. The van der Waals surface area contributed by atoms with Gasteiger partial charge in [0.2, 0.25) is 0 Å². The maximum absolute atomic E-state index is 5.83. The van der Waals surface area contributed by atoms with Crippen molar-refractivity contribution in [1.82, 2.24) is 0 Å². The number of rotatable bonds is 5. The maximum Gasteiger partial charge on any atom is 0.0701 e. The molecule has 0 radical (unpaired) electrons. The fraction of sp³-hybridized carbons (Fsp3) is 0.636. The van der Waals surface area contributed by atoms with E-state index in [1.807, 2.05) is 11.8 Å². The summed E-state index contributed by atoms with van der Waals surface area (Å²) in [6, 6.07) is 4.25. The SMILES string of the molecule is NCC(SCC1CCCO1)c1ccc(Br)s1. The molecule has 0 aromatic carbocycles. The second-order valence-corrected chi connectivity index (χ2v) is 7.56. The van der Waals surface area contributed by atoms with Gasteiger partial charge < -0.3 is 10.5 Å². The van der Waals surface area contributed by atoms with Crippen LogP contribution in [0.5, 0.6) is 0 Å². The summed E-state index contributed by atoms with van der Waals surface area (Å²) in [7, 11) is 0. The predicted molar refractivity (Wildman–Crippen MR) is 75.2 cm³/mol. The summed E-state index contributed by atoms with van der Waals surface area (Å²) in [4.78, 5) is 1.36. The zero-order valence-electron chi connectivity index (χ0n) is 9.02. The van der Waals surface area contributed by atoms with Crippen molar-refractivity contribution in [3.63, 3.8) is 0 Å². The third-order valence-electron chi connectivity index (χ3n) is 2.63. The van der Waals surface area contributed by atoms with Gasteiger partial charge in [0.15, 0.2) is 0 Å². The molecule has 1 saturated heterocycles. The molecule has 1 aromatic heterocycles. The lowest BCUT2D eigenvalue weighted by Crippen LogP contribution is -2.14. The molecular weight excluding hydrogens is 306 g/mol. The smallest absolute Gasteiger partial charge is 0.0701 e. The Bertz CT molecular complexity index is 326. The van der Waals surface area contributed by atoms with E-state index < -0.39 is 0 Å². The summed E-state index contributed by atoms with van der Waals surface area (Å²) in [5.41, 5.74) is 5.83. The van der Waals surface area contributed by atoms with Gasteiger partial charge in [-0.2, -0.15) is 0 Å². The summed E-state index contributed by atoms with van der Waals surface area (Å²) in [5.74, 6) is 1.07. The summed E-state index contributed by atoms with van der Waals surface area (Å²) in [6.45, 7) is 1.63. The molecule has 0 spiro atoms. The van der Waals surface area contributed by atoms with Gasteiger partial charge in [-0.05, 0) is 40.9 Å². The first-order chi connectivity index (χ1) is 7.79. The number of hydrogen-bond acceptors (Lipinski definition) is 4. The van der Waals surface area contributed by atoms with Crippen molar-refractivity contribution < 1.29 is 4.74 Å². The van der Waals surface area contributed by atoms with Crippen LogP contribution in [0.25, 0.3) is 0 Å². The summed E-state index contributed by atoms with van der Waals surface area (Å²) >= 11 is 7.19. The molecule has 0 bridgehead atoms. The minimum Gasteiger partial charge on any atom is -0.377 e. The van der Waals surface area contributed by atoms with Crippen LogP contribution >= 0.6 is 39.0 Å². The van der Waals surface area contributed by atoms with Crippen LogP contribution in [0.15, 0.2) is 15.9 Å². The van der Waals surface area contributed by atoms with Crippen LogP contribution in [0.4, 0.5) is 0 Å². The zero-order valence-corrected chi connectivity index (χ0v) is 12.2. The third-order valence-corrected chi connectivity index (χ3v) is 5.93. The molecule has 5 heteroatoms. The molecule has 2 heterocycles. The molecular formula is C11H16BrNOS2. The van der Waals surface area contributed by atoms with Crippen LogP contribution in [-0.4, -0.2) is 25.0 Å². The molecule has 0 saturated carbocycles. The molecule has 1 aliphatic rings. The van der Waals surface area contributed by atoms with Crippen LogP contribution < -0.4 is 5.73 Å². The van der Waals surface area contributed by atoms with E-state index in [-0.39, 0.29) is 0 Å². The van der Waals surface area contributed by atoms with E-state index in [0.29, 0.717) is 17.9 Å². The largest absolute Gasteiger partial charge is 0.377 e. The Kier molecular flexibility index (Phi) is 5.16. The van der Waals surface area contributed by atoms with Crippen molar-refractivity contribution in [3.8, 4) is 0 Å². The fourth-order valence-corrected chi connectivity index (χ4v) is 4.62. The lowest BCUT2D eigenvalue weighted by atomic mass is 10.3. The molecule has 16 heavy (non-hydrogen) atoms. The number of thioether (sulfide) groups is 1. The van der Waals surface area contributed by atoms with Gasteiger partial charge in [0.05, 0.1) is 15.1 Å². The number of halogens is 1. The molecule has 2 atom stereocenters. The van der Waals surface area contributed by atoms with Gasteiger partial charge >= 0.3 is 0 Å². The summed E-state index contributed by atoms with van der Waals surface area (Å²) in [6.07, 6.45) is 2.86. The van der Waals surface area contributed by atoms with Gasteiger partial charge in [-0.15, -0.1) is 23.1 Å². The van der Waals surface area contributed by atoms with Crippen molar-refractivity contribution in [2.75, 3.05) is 18.9 Å². The van der Waals surface area contributed by atoms with Crippen LogP contribution in [0.3, 0.4) is 0 Å². The molecule has 2 nitrogen and oxygen atoms in total. The quantitative estimate of drug-likeness (QED) is 0.902. The fourth-order valence-electron chi connectivity index (χ4n) is 1.77. The highest BCUT2D eigenvalue weighted by Crippen LogP contribution is 2.36. The number of nitrogens with two attached hydrogens (primary N) is 1. The molecule has 2 rings (SSSR count). The van der Waals surface area contributed by atoms with E-state index in [9.17, 15) is 0 Å². The molecule has 2 N–H and O–H groups in total. The van der Waals surface area contributed by atoms with E-state index in [1.54, 1.807) is 11.3 Å². The monoisotopic (exact) mass is 321 g/mol. The van der Waals surface area contributed by atoms with Gasteiger partial charge in [-0.1, -0.05) is 0 Å². The third kappa shape index (κ3) is 3.47. The minimum absolute atomic E-state index is 0.417. The average molecular weight is 322 g/mol. The lowest BCUT2D eigenvalue weighted by Gasteiger charge is -2.15. The summed E-state index contributed by atoms with van der Waals surface area (Å²) in [5, 5.41) is 0.417. The van der Waals surface area contributed by atoms with Gasteiger partial charge in [0.1, 0.15) is 0 Å². The average Bonchev–Trinajstić information content (AvgIpc) is 2.91. The Morgan fingerprint density at radius 2 is 2.50 bits per heavy atom. The van der Waals surface area contributed by atoms with Crippen LogP contribution in [-0.2, 0) is 4.74 Å². The van der Waals surface area contributed by atoms with Crippen LogP contribution in [0.2, 0.25) is 0 Å². The Morgan fingerprint density at radius 1 is 1.62 bits per heavy atom. The molecule has 2 unspecified atom stereocenters.